The van der Waals surface area contributed by atoms with Crippen LogP contribution in [0.25, 0.3) is 0 Å². The van der Waals surface area contributed by atoms with E-state index in [-0.39, 0.29) is 0 Å². The smallest absolute Gasteiger partial charge is 0.161 e. The molecular formula is C27H37NO2. The maximum atomic E-state index is 5.54. The number of rotatable bonds is 10. The summed E-state index contributed by atoms with van der Waals surface area (Å²) in [5.74, 6) is 2.38. The van der Waals surface area contributed by atoms with Gasteiger partial charge in [-0.25, -0.2) is 0 Å². The molecular weight excluding hydrogens is 370 g/mol. The Morgan fingerprint density at radius 3 is 2.23 bits per heavy atom. The number of benzene rings is 2. The van der Waals surface area contributed by atoms with E-state index in [0.29, 0.717) is 0 Å². The highest BCUT2D eigenvalue weighted by atomic mass is 16.5. The molecule has 3 heteroatoms. The summed E-state index contributed by atoms with van der Waals surface area (Å²) in [7, 11) is 3.41. The number of ether oxygens (including phenoxy) is 2. The van der Waals surface area contributed by atoms with Gasteiger partial charge in [0, 0.05) is 6.54 Å². The summed E-state index contributed by atoms with van der Waals surface area (Å²) < 4.78 is 11.0. The summed E-state index contributed by atoms with van der Waals surface area (Å²) in [5.41, 5.74) is 5.44. The first kappa shape index (κ1) is 22.4. The lowest BCUT2D eigenvalue weighted by Gasteiger charge is -2.32. The Bertz CT molecular complexity index is 807. The van der Waals surface area contributed by atoms with Crippen molar-refractivity contribution < 1.29 is 9.47 Å². The van der Waals surface area contributed by atoms with E-state index in [1.807, 2.05) is 0 Å². The van der Waals surface area contributed by atoms with Crippen LogP contribution in [0.15, 0.2) is 54.6 Å². The van der Waals surface area contributed by atoms with Crippen LogP contribution in [-0.4, -0.2) is 32.2 Å². The van der Waals surface area contributed by atoms with Crippen molar-refractivity contribution >= 4 is 0 Å². The normalized spacial score (nSPS) is 15.2. The number of piperidine rings is 1. The lowest BCUT2D eigenvalue weighted by Crippen LogP contribution is -2.33. The van der Waals surface area contributed by atoms with Gasteiger partial charge in [0.25, 0.3) is 0 Å². The average molecular weight is 408 g/mol. The first-order valence-electron chi connectivity index (χ1n) is 11.3. The van der Waals surface area contributed by atoms with Crippen molar-refractivity contribution in [3.8, 4) is 11.5 Å². The Labute approximate surface area is 182 Å². The second-order valence-corrected chi connectivity index (χ2v) is 8.56. The van der Waals surface area contributed by atoms with Crippen LogP contribution in [0.3, 0.4) is 0 Å². The van der Waals surface area contributed by atoms with E-state index in [1.165, 1.54) is 48.2 Å². The largest absolute Gasteiger partial charge is 0.493 e. The molecule has 0 unspecified atom stereocenters. The Hall–Kier alpha value is -2.26. The quantitative estimate of drug-likeness (QED) is 0.447. The summed E-state index contributed by atoms with van der Waals surface area (Å²) in [4.78, 5) is 2.59. The first-order valence-corrected chi connectivity index (χ1v) is 11.3. The number of likely N-dealkylation sites (tertiary alicyclic amines) is 1. The molecule has 0 spiro atoms. The molecule has 162 valence electrons. The number of methoxy groups -OCH3 is 2. The van der Waals surface area contributed by atoms with Crippen molar-refractivity contribution in [2.75, 3.05) is 27.3 Å². The van der Waals surface area contributed by atoms with Gasteiger partial charge in [0.1, 0.15) is 0 Å². The lowest BCUT2D eigenvalue weighted by atomic mass is 9.87. The topological polar surface area (TPSA) is 21.7 Å². The molecule has 1 aliphatic rings. The second-order valence-electron chi connectivity index (χ2n) is 8.56. The summed E-state index contributed by atoms with van der Waals surface area (Å²) in [6, 6.07) is 15.1. The number of allylic oxidation sites excluding steroid dienone is 1. The van der Waals surface area contributed by atoms with Crippen molar-refractivity contribution in [1.82, 2.24) is 4.90 Å². The van der Waals surface area contributed by atoms with E-state index >= 15 is 0 Å². The molecule has 0 atom stereocenters. The van der Waals surface area contributed by atoms with Crippen molar-refractivity contribution in [2.45, 2.75) is 52.0 Å². The molecule has 0 saturated carbocycles. The van der Waals surface area contributed by atoms with Gasteiger partial charge in [0.15, 0.2) is 11.5 Å². The third kappa shape index (κ3) is 6.12. The average Bonchev–Trinajstić information content (AvgIpc) is 2.76. The maximum absolute atomic E-state index is 5.54. The summed E-state index contributed by atoms with van der Waals surface area (Å²) in [6.07, 6.45) is 6.76. The molecule has 1 heterocycles. The number of aryl methyl sites for hydroxylation is 1. The van der Waals surface area contributed by atoms with Crippen LogP contribution < -0.4 is 9.47 Å². The van der Waals surface area contributed by atoms with Gasteiger partial charge in [-0.3, -0.25) is 4.90 Å². The number of hydrogen-bond acceptors (Lipinski definition) is 3. The van der Waals surface area contributed by atoms with Crippen molar-refractivity contribution in [1.29, 1.82) is 0 Å². The molecule has 0 bridgehead atoms. The van der Waals surface area contributed by atoms with Gasteiger partial charge in [-0.1, -0.05) is 55.8 Å². The van der Waals surface area contributed by atoms with Crippen molar-refractivity contribution in [3.05, 3.63) is 71.3 Å². The zero-order valence-electron chi connectivity index (χ0n) is 19.0. The molecule has 0 amide bonds. The third-order valence-corrected chi connectivity index (χ3v) is 6.20. The highest BCUT2D eigenvalue weighted by Gasteiger charge is 2.20. The molecule has 2 aromatic carbocycles. The van der Waals surface area contributed by atoms with E-state index in [0.717, 1.165) is 49.6 Å². The minimum atomic E-state index is 0.749. The van der Waals surface area contributed by atoms with Crippen LogP contribution in [-0.2, 0) is 19.4 Å². The highest BCUT2D eigenvalue weighted by molar-refractivity contribution is 5.48. The van der Waals surface area contributed by atoms with Crippen LogP contribution >= 0.6 is 0 Å². The molecule has 0 aliphatic carbocycles. The summed E-state index contributed by atoms with van der Waals surface area (Å²) in [6.45, 7) is 10.1. The molecule has 1 saturated heterocycles. The molecule has 0 aromatic heterocycles. The van der Waals surface area contributed by atoms with Crippen molar-refractivity contribution in [3.63, 3.8) is 0 Å². The molecule has 30 heavy (non-hydrogen) atoms. The van der Waals surface area contributed by atoms with Crippen LogP contribution in [0.2, 0.25) is 0 Å². The minimum absolute atomic E-state index is 0.749. The van der Waals surface area contributed by atoms with Crippen LogP contribution in [0.4, 0.5) is 0 Å². The van der Waals surface area contributed by atoms with E-state index in [9.17, 15) is 0 Å². The Kier molecular flexibility index (Phi) is 8.39. The Morgan fingerprint density at radius 1 is 1.00 bits per heavy atom. The lowest BCUT2D eigenvalue weighted by molar-refractivity contribution is 0.176. The second kappa shape index (κ2) is 11.2. The van der Waals surface area contributed by atoms with Crippen molar-refractivity contribution in [2.24, 2.45) is 5.92 Å². The summed E-state index contributed by atoms with van der Waals surface area (Å²) >= 11 is 0. The van der Waals surface area contributed by atoms with Gasteiger partial charge in [-0.2, -0.15) is 0 Å². The van der Waals surface area contributed by atoms with Gasteiger partial charge < -0.3 is 9.47 Å². The third-order valence-electron chi connectivity index (χ3n) is 6.20. The van der Waals surface area contributed by atoms with Gasteiger partial charge in [-0.05, 0) is 79.9 Å². The zero-order chi connectivity index (χ0) is 21.3. The maximum Gasteiger partial charge on any atom is 0.161 e. The molecule has 2 aromatic rings. The summed E-state index contributed by atoms with van der Waals surface area (Å²) in [5, 5.41) is 0. The van der Waals surface area contributed by atoms with E-state index < -0.39 is 0 Å². The zero-order valence-corrected chi connectivity index (χ0v) is 19.0. The fraction of sp³-hybridized carbons (Fsp3) is 0.481. The molecule has 1 fully saturated rings. The van der Waals surface area contributed by atoms with Gasteiger partial charge >= 0.3 is 0 Å². The van der Waals surface area contributed by atoms with Gasteiger partial charge in [-0.15, -0.1) is 0 Å². The Balaban J connectivity index is 1.54. The molecule has 0 radical (unpaired) electrons. The van der Waals surface area contributed by atoms with E-state index in [4.69, 9.17) is 9.47 Å². The minimum Gasteiger partial charge on any atom is -0.493 e. The highest BCUT2D eigenvalue weighted by Crippen LogP contribution is 2.33. The van der Waals surface area contributed by atoms with E-state index in [1.54, 1.807) is 14.2 Å². The Morgan fingerprint density at radius 2 is 1.63 bits per heavy atom. The first-order chi connectivity index (χ1) is 14.6. The molecule has 0 N–H and O–H groups in total. The van der Waals surface area contributed by atoms with Crippen LogP contribution in [0.1, 0.15) is 49.3 Å². The SMILES string of the molecule is C=C(Cc1cc(OC)c(OC)cc1CCC)CC1CCN(Cc2ccccc2)CC1. The fourth-order valence-corrected chi connectivity index (χ4v) is 4.57. The predicted octanol–water partition coefficient (Wildman–Crippen LogP) is 6.06. The standard InChI is InChI=1S/C27H37NO2/c1-5-9-24-18-26(29-3)27(30-4)19-25(24)17-21(2)16-22-12-14-28(15-13-22)20-23-10-7-6-8-11-23/h6-8,10-11,18-19,22H,2,5,9,12-17,20H2,1,3-4H3. The molecule has 3 rings (SSSR count). The fourth-order valence-electron chi connectivity index (χ4n) is 4.57. The van der Waals surface area contributed by atoms with Crippen LogP contribution in [0.5, 0.6) is 11.5 Å². The molecule has 3 nitrogen and oxygen atoms in total. The predicted molar refractivity (Wildman–Crippen MR) is 125 cm³/mol. The number of nitrogens with zero attached hydrogens (tertiary/aromatic N) is 1. The van der Waals surface area contributed by atoms with Gasteiger partial charge in [0.2, 0.25) is 0 Å². The monoisotopic (exact) mass is 407 g/mol. The van der Waals surface area contributed by atoms with Gasteiger partial charge in [0.05, 0.1) is 14.2 Å². The number of hydrogen-bond donors (Lipinski definition) is 0. The van der Waals surface area contributed by atoms with E-state index in [2.05, 4.69) is 60.9 Å². The molecule has 1 aliphatic heterocycles. The van der Waals surface area contributed by atoms with Crippen LogP contribution in [0, 0.1) is 5.92 Å².